The zero-order valence-electron chi connectivity index (χ0n) is 12.2. The Balaban J connectivity index is 1.89. The van der Waals surface area contributed by atoms with Crippen molar-refractivity contribution in [3.63, 3.8) is 0 Å². The van der Waals surface area contributed by atoms with Gasteiger partial charge in [-0.05, 0) is 30.3 Å². The number of anilines is 1. The van der Waals surface area contributed by atoms with E-state index in [2.05, 4.69) is 10.6 Å². The van der Waals surface area contributed by atoms with Crippen LogP contribution in [0.2, 0.25) is 5.02 Å². The number of halogens is 2. The van der Waals surface area contributed by atoms with Gasteiger partial charge in [-0.25, -0.2) is 4.39 Å². The predicted molar refractivity (Wildman–Crippen MR) is 83.4 cm³/mol. The number of carbonyl (C=O) groups is 2. The lowest BCUT2D eigenvalue weighted by Gasteiger charge is -2.13. The zero-order chi connectivity index (χ0) is 17.0. The van der Waals surface area contributed by atoms with Crippen LogP contribution in [0, 0.1) is 5.82 Å². The molecule has 1 atom stereocenters. The van der Waals surface area contributed by atoms with Crippen molar-refractivity contribution in [1.82, 2.24) is 9.88 Å². The Morgan fingerprint density at radius 3 is 2.70 bits per heavy atom. The third-order valence-corrected chi connectivity index (χ3v) is 3.45. The van der Waals surface area contributed by atoms with Crippen LogP contribution >= 0.6 is 11.6 Å². The smallest absolute Gasteiger partial charge is 0.313 e. The van der Waals surface area contributed by atoms with Gasteiger partial charge in [-0.2, -0.15) is 0 Å². The molecule has 0 spiro atoms. The van der Waals surface area contributed by atoms with Gasteiger partial charge in [-0.1, -0.05) is 11.6 Å². The average molecular weight is 340 g/mol. The van der Waals surface area contributed by atoms with E-state index in [1.165, 1.54) is 12.1 Å². The fraction of sp³-hybridized carbons (Fsp3) is 0.200. The van der Waals surface area contributed by atoms with E-state index < -0.39 is 23.7 Å². The number of hydrogen-bond donors (Lipinski definition) is 3. The van der Waals surface area contributed by atoms with E-state index in [-0.39, 0.29) is 17.3 Å². The Kier molecular flexibility index (Phi) is 5.36. The molecule has 6 nitrogen and oxygen atoms in total. The molecular weight excluding hydrogens is 325 g/mol. The van der Waals surface area contributed by atoms with Gasteiger partial charge in [0, 0.05) is 31.2 Å². The summed E-state index contributed by atoms with van der Waals surface area (Å²) in [6.45, 7) is -0.117. The minimum Gasteiger partial charge on any atom is -0.385 e. The number of rotatable bonds is 4. The lowest BCUT2D eigenvalue weighted by atomic mass is 10.2. The summed E-state index contributed by atoms with van der Waals surface area (Å²) in [7, 11) is 1.76. The van der Waals surface area contributed by atoms with Gasteiger partial charge >= 0.3 is 11.8 Å². The van der Waals surface area contributed by atoms with Crippen molar-refractivity contribution >= 4 is 29.1 Å². The molecule has 0 saturated carbocycles. The van der Waals surface area contributed by atoms with Gasteiger partial charge < -0.3 is 20.3 Å². The molecule has 1 heterocycles. The second kappa shape index (κ2) is 7.26. The van der Waals surface area contributed by atoms with Crippen molar-refractivity contribution in [1.29, 1.82) is 0 Å². The highest BCUT2D eigenvalue weighted by atomic mass is 35.5. The number of nitrogens with zero attached hydrogens (tertiary/aromatic N) is 1. The standard InChI is InChI=1S/C15H15ClFN3O3/c1-20-6-2-3-12(20)13(21)8-18-14(22)15(23)19-9-4-5-11(17)10(16)7-9/h2-7,13,21H,8H2,1H3,(H,18,22)(H,19,23). The molecule has 2 amide bonds. The van der Waals surface area contributed by atoms with E-state index in [1.807, 2.05) is 0 Å². The van der Waals surface area contributed by atoms with E-state index in [1.54, 1.807) is 29.9 Å². The summed E-state index contributed by atoms with van der Waals surface area (Å²) in [6, 6.07) is 7.02. The molecule has 122 valence electrons. The number of aliphatic hydroxyl groups excluding tert-OH is 1. The summed E-state index contributed by atoms with van der Waals surface area (Å²) in [5, 5.41) is 14.4. The molecule has 0 fully saturated rings. The van der Waals surface area contributed by atoms with Crippen molar-refractivity contribution in [2.45, 2.75) is 6.10 Å². The Morgan fingerprint density at radius 2 is 2.09 bits per heavy atom. The minimum absolute atomic E-state index is 0.117. The number of nitrogens with one attached hydrogen (secondary N) is 2. The molecule has 3 N–H and O–H groups in total. The summed E-state index contributed by atoms with van der Waals surface area (Å²) in [5.74, 6) is -2.48. The third-order valence-electron chi connectivity index (χ3n) is 3.17. The van der Waals surface area contributed by atoms with Gasteiger partial charge in [-0.3, -0.25) is 9.59 Å². The van der Waals surface area contributed by atoms with Crippen molar-refractivity contribution in [3.05, 3.63) is 53.1 Å². The van der Waals surface area contributed by atoms with E-state index in [9.17, 15) is 19.1 Å². The quantitative estimate of drug-likeness (QED) is 0.740. The van der Waals surface area contributed by atoms with Crippen LogP contribution in [0.5, 0.6) is 0 Å². The molecule has 2 rings (SSSR count). The zero-order valence-corrected chi connectivity index (χ0v) is 13.0. The van der Waals surface area contributed by atoms with E-state index in [0.29, 0.717) is 5.69 Å². The monoisotopic (exact) mass is 339 g/mol. The van der Waals surface area contributed by atoms with Crippen LogP contribution in [0.3, 0.4) is 0 Å². The summed E-state index contributed by atoms with van der Waals surface area (Å²) >= 11 is 5.59. The van der Waals surface area contributed by atoms with Gasteiger partial charge in [0.05, 0.1) is 5.02 Å². The molecule has 0 radical (unpaired) electrons. The van der Waals surface area contributed by atoms with Crippen molar-refractivity contribution in [2.75, 3.05) is 11.9 Å². The van der Waals surface area contributed by atoms with Gasteiger partial charge in [0.2, 0.25) is 0 Å². The molecule has 1 aromatic heterocycles. The number of aryl methyl sites for hydroxylation is 1. The molecule has 23 heavy (non-hydrogen) atoms. The Morgan fingerprint density at radius 1 is 1.35 bits per heavy atom. The largest absolute Gasteiger partial charge is 0.385 e. The van der Waals surface area contributed by atoms with Crippen molar-refractivity contribution < 1.29 is 19.1 Å². The Bertz CT molecular complexity index is 733. The molecule has 0 saturated heterocycles. The summed E-state index contributed by atoms with van der Waals surface area (Å²) < 4.78 is 14.7. The van der Waals surface area contributed by atoms with Crippen LogP contribution in [0.4, 0.5) is 10.1 Å². The topological polar surface area (TPSA) is 83.4 Å². The highest BCUT2D eigenvalue weighted by Gasteiger charge is 2.17. The lowest BCUT2D eigenvalue weighted by molar-refractivity contribution is -0.136. The molecule has 0 bridgehead atoms. The normalized spacial score (nSPS) is 11.8. The number of carbonyl (C=O) groups excluding carboxylic acids is 2. The summed E-state index contributed by atoms with van der Waals surface area (Å²) in [5.41, 5.74) is 0.801. The second-order valence-electron chi connectivity index (χ2n) is 4.85. The van der Waals surface area contributed by atoms with E-state index >= 15 is 0 Å². The molecule has 1 aromatic carbocycles. The van der Waals surface area contributed by atoms with Gasteiger partial charge in [0.25, 0.3) is 0 Å². The first kappa shape index (κ1) is 17.0. The summed E-state index contributed by atoms with van der Waals surface area (Å²) in [4.78, 5) is 23.4. The number of aromatic nitrogens is 1. The van der Waals surface area contributed by atoms with Gasteiger partial charge in [0.15, 0.2) is 0 Å². The van der Waals surface area contributed by atoms with Crippen LogP contribution < -0.4 is 10.6 Å². The molecule has 0 aliphatic carbocycles. The predicted octanol–water partition coefficient (Wildman–Crippen LogP) is 1.61. The van der Waals surface area contributed by atoms with Gasteiger partial charge in [0.1, 0.15) is 11.9 Å². The molecule has 0 aliphatic rings. The van der Waals surface area contributed by atoms with Crippen LogP contribution in [0.25, 0.3) is 0 Å². The van der Waals surface area contributed by atoms with Crippen molar-refractivity contribution in [3.8, 4) is 0 Å². The summed E-state index contributed by atoms with van der Waals surface area (Å²) in [6.07, 6.45) is 0.817. The SMILES string of the molecule is Cn1cccc1C(O)CNC(=O)C(=O)Nc1ccc(F)c(Cl)c1. The maximum atomic E-state index is 13.0. The fourth-order valence-corrected chi connectivity index (χ4v) is 2.14. The number of hydrogen-bond acceptors (Lipinski definition) is 3. The maximum Gasteiger partial charge on any atom is 0.313 e. The molecule has 1 unspecified atom stereocenters. The second-order valence-corrected chi connectivity index (χ2v) is 5.26. The number of amides is 2. The highest BCUT2D eigenvalue weighted by Crippen LogP contribution is 2.19. The fourth-order valence-electron chi connectivity index (χ4n) is 1.96. The number of aliphatic hydroxyl groups is 1. The van der Waals surface area contributed by atoms with E-state index in [0.717, 1.165) is 6.07 Å². The van der Waals surface area contributed by atoms with Crippen LogP contribution in [-0.4, -0.2) is 28.0 Å². The maximum absolute atomic E-state index is 13.0. The first-order valence-corrected chi connectivity index (χ1v) is 7.10. The molecule has 2 aromatic rings. The Hall–Kier alpha value is -2.38. The van der Waals surface area contributed by atoms with Crippen LogP contribution in [-0.2, 0) is 16.6 Å². The molecular formula is C15H15ClFN3O3. The van der Waals surface area contributed by atoms with E-state index in [4.69, 9.17) is 11.6 Å². The highest BCUT2D eigenvalue weighted by molar-refractivity contribution is 6.39. The third kappa shape index (κ3) is 4.30. The first-order valence-electron chi connectivity index (χ1n) is 6.72. The van der Waals surface area contributed by atoms with Crippen LogP contribution in [0.1, 0.15) is 11.8 Å². The number of benzene rings is 1. The first-order chi connectivity index (χ1) is 10.9. The van der Waals surface area contributed by atoms with Crippen molar-refractivity contribution in [2.24, 2.45) is 7.05 Å². The molecule has 0 aliphatic heterocycles. The van der Waals surface area contributed by atoms with Crippen LogP contribution in [0.15, 0.2) is 36.5 Å². The Labute approximate surface area is 136 Å². The molecule has 8 heteroatoms. The minimum atomic E-state index is -0.938. The van der Waals surface area contributed by atoms with Gasteiger partial charge in [-0.15, -0.1) is 0 Å². The average Bonchev–Trinajstić information content (AvgIpc) is 2.94. The lowest BCUT2D eigenvalue weighted by Crippen LogP contribution is -2.37.